The summed E-state index contributed by atoms with van der Waals surface area (Å²) < 4.78 is 45.4. The van der Waals surface area contributed by atoms with E-state index in [1.165, 1.54) is 25.3 Å². The van der Waals surface area contributed by atoms with Crippen LogP contribution >= 0.6 is 0 Å². The molecule has 6 heteroatoms. The van der Waals surface area contributed by atoms with Gasteiger partial charge < -0.3 is 10.1 Å². The van der Waals surface area contributed by atoms with Gasteiger partial charge in [-0.05, 0) is 24.3 Å². The lowest BCUT2D eigenvalue weighted by molar-refractivity contribution is 0.387. The highest BCUT2D eigenvalue weighted by Crippen LogP contribution is 2.23. The lowest BCUT2D eigenvalue weighted by Crippen LogP contribution is -2.05. The summed E-state index contributed by atoms with van der Waals surface area (Å²) in [6.07, 6.45) is 0. The van der Waals surface area contributed by atoms with Gasteiger partial charge in [0.25, 0.3) is 0 Å². The first kappa shape index (κ1) is 14.7. The van der Waals surface area contributed by atoms with Crippen LogP contribution in [0, 0.1) is 28.8 Å². The second-order valence-electron chi connectivity index (χ2n) is 4.23. The molecule has 0 aliphatic rings. The van der Waals surface area contributed by atoms with Crippen LogP contribution in [0.3, 0.4) is 0 Å². The minimum atomic E-state index is -0.812. The number of rotatable bonds is 4. The summed E-state index contributed by atoms with van der Waals surface area (Å²) >= 11 is 0. The van der Waals surface area contributed by atoms with Gasteiger partial charge in [0.05, 0.1) is 18.7 Å². The van der Waals surface area contributed by atoms with Crippen molar-refractivity contribution in [1.82, 2.24) is 0 Å². The van der Waals surface area contributed by atoms with Crippen LogP contribution in [0.25, 0.3) is 0 Å². The van der Waals surface area contributed by atoms with Crippen molar-refractivity contribution >= 4 is 5.69 Å². The van der Waals surface area contributed by atoms with E-state index < -0.39 is 17.5 Å². The molecule has 21 heavy (non-hydrogen) atoms. The molecular formula is C15H11F3N2O. The number of hydrogen-bond donors (Lipinski definition) is 1. The topological polar surface area (TPSA) is 45.0 Å². The average Bonchev–Trinajstić information content (AvgIpc) is 2.47. The predicted molar refractivity (Wildman–Crippen MR) is 71.4 cm³/mol. The first-order valence-corrected chi connectivity index (χ1v) is 6.00. The number of nitrogens with one attached hydrogen (secondary N) is 1. The van der Waals surface area contributed by atoms with Gasteiger partial charge in [-0.2, -0.15) is 5.26 Å². The van der Waals surface area contributed by atoms with Gasteiger partial charge in [-0.3, -0.25) is 0 Å². The zero-order valence-electron chi connectivity index (χ0n) is 11.1. The molecule has 0 spiro atoms. The number of benzene rings is 2. The summed E-state index contributed by atoms with van der Waals surface area (Å²) in [6, 6.07) is 7.60. The maximum absolute atomic E-state index is 13.7. The minimum Gasteiger partial charge on any atom is -0.494 e. The van der Waals surface area contributed by atoms with Crippen molar-refractivity contribution in [3.05, 3.63) is 58.9 Å². The standard InChI is InChI=1S/C15H11F3N2O/c1-21-15-6-10(2-3-12(15)16)20-8-11-13(17)4-9(7-19)5-14(11)18/h2-6,20H,8H2,1H3. The number of nitriles is 1. The molecule has 0 saturated heterocycles. The molecule has 0 atom stereocenters. The number of anilines is 1. The van der Waals surface area contributed by atoms with E-state index in [-0.39, 0.29) is 23.4 Å². The van der Waals surface area contributed by atoms with Crippen molar-refractivity contribution in [3.63, 3.8) is 0 Å². The molecule has 0 aliphatic heterocycles. The van der Waals surface area contributed by atoms with Crippen LogP contribution in [-0.4, -0.2) is 7.11 Å². The summed E-state index contributed by atoms with van der Waals surface area (Å²) in [4.78, 5) is 0. The predicted octanol–water partition coefficient (Wildman–Crippen LogP) is 3.60. The quantitative estimate of drug-likeness (QED) is 0.936. The van der Waals surface area contributed by atoms with Crippen molar-refractivity contribution < 1.29 is 17.9 Å². The maximum atomic E-state index is 13.7. The van der Waals surface area contributed by atoms with Crippen molar-refractivity contribution in [3.8, 4) is 11.8 Å². The zero-order valence-corrected chi connectivity index (χ0v) is 11.1. The van der Waals surface area contributed by atoms with Crippen LogP contribution in [0.15, 0.2) is 30.3 Å². The molecule has 0 bridgehead atoms. The van der Waals surface area contributed by atoms with Crippen molar-refractivity contribution in [2.24, 2.45) is 0 Å². The summed E-state index contributed by atoms with van der Waals surface area (Å²) in [7, 11) is 1.32. The number of halogens is 3. The Balaban J connectivity index is 2.19. The van der Waals surface area contributed by atoms with E-state index in [9.17, 15) is 13.2 Å². The molecule has 0 amide bonds. The summed E-state index contributed by atoms with van der Waals surface area (Å²) in [5.41, 5.74) is 0.172. The SMILES string of the molecule is COc1cc(NCc2c(F)cc(C#N)cc2F)ccc1F. The highest BCUT2D eigenvalue weighted by atomic mass is 19.1. The Kier molecular flexibility index (Phi) is 4.33. The molecule has 0 saturated carbocycles. The Labute approximate surface area is 119 Å². The average molecular weight is 292 g/mol. The van der Waals surface area contributed by atoms with Crippen LogP contribution in [0.1, 0.15) is 11.1 Å². The molecular weight excluding hydrogens is 281 g/mol. The zero-order chi connectivity index (χ0) is 15.4. The minimum absolute atomic E-state index is 0.0285. The fourth-order valence-corrected chi connectivity index (χ4v) is 1.80. The normalized spacial score (nSPS) is 10.0. The van der Waals surface area contributed by atoms with Crippen molar-refractivity contribution in [2.45, 2.75) is 6.54 Å². The van der Waals surface area contributed by atoms with E-state index in [1.54, 1.807) is 6.07 Å². The van der Waals surface area contributed by atoms with Crippen LogP contribution in [-0.2, 0) is 6.54 Å². The van der Waals surface area contributed by atoms with Gasteiger partial charge in [0.15, 0.2) is 11.6 Å². The maximum Gasteiger partial charge on any atom is 0.165 e. The van der Waals surface area contributed by atoms with Crippen LogP contribution in [0.2, 0.25) is 0 Å². The molecule has 2 aromatic rings. The number of hydrogen-bond acceptors (Lipinski definition) is 3. The van der Waals surface area contributed by atoms with Gasteiger partial charge in [-0.15, -0.1) is 0 Å². The Morgan fingerprint density at radius 2 is 1.76 bits per heavy atom. The Morgan fingerprint density at radius 3 is 2.33 bits per heavy atom. The van der Waals surface area contributed by atoms with E-state index in [0.29, 0.717) is 5.69 Å². The molecule has 2 rings (SSSR count). The molecule has 0 aliphatic carbocycles. The van der Waals surface area contributed by atoms with E-state index >= 15 is 0 Å². The third-order valence-electron chi connectivity index (χ3n) is 2.89. The van der Waals surface area contributed by atoms with E-state index in [2.05, 4.69) is 5.32 Å². The smallest absolute Gasteiger partial charge is 0.165 e. The van der Waals surface area contributed by atoms with Crippen LogP contribution < -0.4 is 10.1 Å². The monoisotopic (exact) mass is 292 g/mol. The fraction of sp³-hybridized carbons (Fsp3) is 0.133. The van der Waals surface area contributed by atoms with E-state index in [1.807, 2.05) is 0 Å². The molecule has 3 nitrogen and oxygen atoms in total. The lowest BCUT2D eigenvalue weighted by atomic mass is 10.1. The number of nitrogens with zero attached hydrogens (tertiary/aromatic N) is 1. The third kappa shape index (κ3) is 3.26. The first-order chi connectivity index (χ1) is 10.0. The molecule has 0 heterocycles. The van der Waals surface area contributed by atoms with Gasteiger partial charge in [0.1, 0.15) is 11.6 Å². The second kappa shape index (κ2) is 6.18. The van der Waals surface area contributed by atoms with Gasteiger partial charge in [-0.1, -0.05) is 0 Å². The Morgan fingerprint density at radius 1 is 1.10 bits per heavy atom. The molecule has 0 unspecified atom stereocenters. The molecule has 108 valence electrons. The third-order valence-corrected chi connectivity index (χ3v) is 2.89. The van der Waals surface area contributed by atoms with Crippen LogP contribution in [0.4, 0.5) is 18.9 Å². The molecule has 0 radical (unpaired) electrons. The summed E-state index contributed by atoms with van der Waals surface area (Å²) in [5.74, 6) is -2.12. The molecule has 0 fully saturated rings. The fourth-order valence-electron chi connectivity index (χ4n) is 1.80. The van der Waals surface area contributed by atoms with Gasteiger partial charge >= 0.3 is 0 Å². The highest BCUT2D eigenvalue weighted by molar-refractivity contribution is 5.49. The Bertz CT molecular complexity index is 688. The largest absolute Gasteiger partial charge is 0.494 e. The second-order valence-corrected chi connectivity index (χ2v) is 4.23. The number of methoxy groups -OCH3 is 1. The van der Waals surface area contributed by atoms with E-state index in [4.69, 9.17) is 10.00 Å². The molecule has 0 aromatic heterocycles. The first-order valence-electron chi connectivity index (χ1n) is 6.00. The summed E-state index contributed by atoms with van der Waals surface area (Å²) in [5, 5.41) is 11.4. The molecule has 1 N–H and O–H groups in total. The van der Waals surface area contributed by atoms with Gasteiger partial charge in [0.2, 0.25) is 0 Å². The van der Waals surface area contributed by atoms with E-state index in [0.717, 1.165) is 12.1 Å². The Hall–Kier alpha value is -2.68. The van der Waals surface area contributed by atoms with Crippen molar-refractivity contribution in [1.29, 1.82) is 5.26 Å². The lowest BCUT2D eigenvalue weighted by Gasteiger charge is -2.10. The highest BCUT2D eigenvalue weighted by Gasteiger charge is 2.11. The summed E-state index contributed by atoms with van der Waals surface area (Å²) in [6.45, 7) is -0.141. The van der Waals surface area contributed by atoms with Crippen LogP contribution in [0.5, 0.6) is 5.75 Å². The van der Waals surface area contributed by atoms with Gasteiger partial charge in [-0.25, -0.2) is 13.2 Å². The van der Waals surface area contributed by atoms with Crippen molar-refractivity contribution in [2.75, 3.05) is 12.4 Å². The molecule has 2 aromatic carbocycles. The number of ether oxygens (including phenoxy) is 1. The van der Waals surface area contributed by atoms with Gasteiger partial charge in [0, 0.05) is 23.9 Å².